The van der Waals surface area contributed by atoms with Gasteiger partial charge in [-0.2, -0.15) is 0 Å². The van der Waals surface area contributed by atoms with Gasteiger partial charge in [0.05, 0.1) is 18.9 Å². The zero-order valence-electron chi connectivity index (χ0n) is 38.8. The fraction of sp³-hybridized carbons (Fsp3) is 0.918. The number of esters is 1. The van der Waals surface area contributed by atoms with Gasteiger partial charge in [-0.05, 0) is 51.9 Å². The third kappa shape index (κ3) is 36.9. The van der Waals surface area contributed by atoms with E-state index in [1.807, 2.05) is 13.8 Å². The van der Waals surface area contributed by atoms with E-state index in [4.69, 9.17) is 4.74 Å². The standard InChI is InChI=1S/C49H95N3O6/c1-6-10-13-16-19-22-25-28-31-36-43(53)40-46(54)51-42(5)35-34-39-50-49(57)45(9-4)52-47(55)41-44(37-32-29-26-23-20-17-14-11-7-2)58-48(56)38-33-30-27-24-21-18-15-12-8-3/h42-45,53H,6-41H2,1-5H3,(H,50,57)(H,51,54)(H,52,55). The number of aliphatic hydroxyl groups excluding tert-OH is 1. The minimum absolute atomic E-state index is 0.0649. The summed E-state index contributed by atoms with van der Waals surface area (Å²) in [6.07, 6.45) is 35.1. The number of hydrogen-bond donors (Lipinski definition) is 4. The highest BCUT2D eigenvalue weighted by molar-refractivity contribution is 5.87. The molecule has 0 fully saturated rings. The average Bonchev–Trinajstić information content (AvgIpc) is 3.19. The van der Waals surface area contributed by atoms with Crippen molar-refractivity contribution in [3.05, 3.63) is 0 Å². The van der Waals surface area contributed by atoms with Crippen LogP contribution in [-0.4, -0.2) is 59.6 Å². The van der Waals surface area contributed by atoms with Crippen molar-refractivity contribution >= 4 is 23.7 Å². The fourth-order valence-corrected chi connectivity index (χ4v) is 7.68. The molecule has 342 valence electrons. The fourth-order valence-electron chi connectivity index (χ4n) is 7.68. The summed E-state index contributed by atoms with van der Waals surface area (Å²) in [6.45, 7) is 11.0. The van der Waals surface area contributed by atoms with Crippen LogP contribution in [0.2, 0.25) is 0 Å². The Morgan fingerprint density at radius 1 is 0.500 bits per heavy atom. The highest BCUT2D eigenvalue weighted by Gasteiger charge is 2.23. The van der Waals surface area contributed by atoms with Crippen LogP contribution in [0.15, 0.2) is 0 Å². The van der Waals surface area contributed by atoms with Crippen LogP contribution in [0.5, 0.6) is 0 Å². The second kappa shape index (κ2) is 41.6. The Hall–Kier alpha value is -2.16. The molecular formula is C49H95N3O6. The van der Waals surface area contributed by atoms with Crippen molar-refractivity contribution in [2.45, 2.75) is 284 Å². The Kier molecular flexibility index (Phi) is 40.0. The van der Waals surface area contributed by atoms with Gasteiger partial charge in [-0.1, -0.05) is 188 Å². The molecule has 0 rings (SSSR count). The number of amides is 3. The predicted octanol–water partition coefficient (Wildman–Crippen LogP) is 12.1. The lowest BCUT2D eigenvalue weighted by atomic mass is 10.0. The number of carbonyl (C=O) groups is 4. The van der Waals surface area contributed by atoms with Gasteiger partial charge in [0, 0.05) is 19.0 Å². The molecule has 4 N–H and O–H groups in total. The van der Waals surface area contributed by atoms with Crippen molar-refractivity contribution in [2.75, 3.05) is 6.54 Å². The highest BCUT2D eigenvalue weighted by Crippen LogP contribution is 2.17. The molecule has 0 bridgehead atoms. The van der Waals surface area contributed by atoms with Gasteiger partial charge >= 0.3 is 5.97 Å². The lowest BCUT2D eigenvalue weighted by molar-refractivity contribution is -0.151. The van der Waals surface area contributed by atoms with E-state index in [1.165, 1.54) is 122 Å². The van der Waals surface area contributed by atoms with E-state index in [0.717, 1.165) is 51.4 Å². The van der Waals surface area contributed by atoms with Gasteiger partial charge in [0.15, 0.2) is 0 Å². The molecule has 0 aromatic rings. The maximum absolute atomic E-state index is 13.2. The summed E-state index contributed by atoms with van der Waals surface area (Å²) in [4.78, 5) is 51.5. The van der Waals surface area contributed by atoms with Crippen molar-refractivity contribution in [1.82, 2.24) is 16.0 Å². The summed E-state index contributed by atoms with van der Waals surface area (Å²) in [5, 5.41) is 19.2. The molecule has 0 aliphatic carbocycles. The second-order valence-electron chi connectivity index (χ2n) is 17.4. The summed E-state index contributed by atoms with van der Waals surface area (Å²) >= 11 is 0. The van der Waals surface area contributed by atoms with Crippen LogP contribution in [0.3, 0.4) is 0 Å². The molecule has 0 spiro atoms. The largest absolute Gasteiger partial charge is 0.462 e. The topological polar surface area (TPSA) is 134 Å². The molecule has 0 radical (unpaired) electrons. The first kappa shape index (κ1) is 55.8. The minimum Gasteiger partial charge on any atom is -0.462 e. The molecular weight excluding hydrogens is 727 g/mol. The van der Waals surface area contributed by atoms with Crippen LogP contribution in [0.4, 0.5) is 0 Å². The van der Waals surface area contributed by atoms with Crippen LogP contribution >= 0.6 is 0 Å². The summed E-state index contributed by atoms with van der Waals surface area (Å²) in [5.41, 5.74) is 0. The molecule has 0 saturated heterocycles. The van der Waals surface area contributed by atoms with Crippen LogP contribution in [0, 0.1) is 0 Å². The molecule has 0 saturated carbocycles. The first-order chi connectivity index (χ1) is 28.2. The normalized spacial score (nSPS) is 13.4. The Morgan fingerprint density at radius 3 is 1.41 bits per heavy atom. The van der Waals surface area contributed by atoms with Gasteiger partial charge < -0.3 is 25.8 Å². The third-order valence-electron chi connectivity index (χ3n) is 11.5. The average molecular weight is 822 g/mol. The van der Waals surface area contributed by atoms with Crippen LogP contribution in [-0.2, 0) is 23.9 Å². The molecule has 0 heterocycles. The van der Waals surface area contributed by atoms with E-state index < -0.39 is 18.2 Å². The lowest BCUT2D eigenvalue weighted by Crippen LogP contribution is -2.47. The molecule has 3 amide bonds. The zero-order chi connectivity index (χ0) is 42.9. The van der Waals surface area contributed by atoms with E-state index in [-0.39, 0.29) is 42.6 Å². The number of hydrogen-bond acceptors (Lipinski definition) is 6. The molecule has 4 atom stereocenters. The molecule has 9 nitrogen and oxygen atoms in total. The van der Waals surface area contributed by atoms with E-state index in [2.05, 4.69) is 36.7 Å². The predicted molar refractivity (Wildman–Crippen MR) is 243 cm³/mol. The lowest BCUT2D eigenvalue weighted by Gasteiger charge is -2.21. The number of carbonyl (C=O) groups excluding carboxylic acids is 4. The smallest absolute Gasteiger partial charge is 0.306 e. The number of ether oxygens (including phenoxy) is 1. The van der Waals surface area contributed by atoms with Gasteiger partial charge in [0.25, 0.3) is 0 Å². The molecule has 9 heteroatoms. The maximum atomic E-state index is 13.2. The van der Waals surface area contributed by atoms with Crippen molar-refractivity contribution in [2.24, 2.45) is 0 Å². The Labute approximate surface area is 357 Å². The Bertz CT molecular complexity index is 978. The Balaban J connectivity index is 4.58. The van der Waals surface area contributed by atoms with E-state index in [9.17, 15) is 24.3 Å². The third-order valence-corrected chi connectivity index (χ3v) is 11.5. The van der Waals surface area contributed by atoms with Crippen molar-refractivity contribution in [3.8, 4) is 0 Å². The Morgan fingerprint density at radius 2 is 0.931 bits per heavy atom. The number of unbranched alkanes of at least 4 members (excludes halogenated alkanes) is 24. The summed E-state index contributed by atoms with van der Waals surface area (Å²) in [5.74, 6) is -0.865. The molecule has 0 aromatic carbocycles. The number of rotatable bonds is 43. The molecule has 0 aliphatic rings. The highest BCUT2D eigenvalue weighted by atomic mass is 16.5. The van der Waals surface area contributed by atoms with Crippen molar-refractivity contribution < 1.29 is 29.0 Å². The van der Waals surface area contributed by atoms with E-state index in [1.54, 1.807) is 0 Å². The van der Waals surface area contributed by atoms with Crippen LogP contribution in [0.1, 0.15) is 259 Å². The van der Waals surface area contributed by atoms with Gasteiger partial charge in [-0.3, -0.25) is 19.2 Å². The SMILES string of the molecule is CCCCCCCCCCCC(=O)OC(CCCCCCCCCCC)CC(=O)NC(CC)C(=O)NCCCC(C)NC(=O)CC(O)CCCCCCCCCCC. The maximum Gasteiger partial charge on any atom is 0.306 e. The first-order valence-corrected chi connectivity index (χ1v) is 24.9. The van der Waals surface area contributed by atoms with Gasteiger partial charge in [-0.15, -0.1) is 0 Å². The van der Waals surface area contributed by atoms with Crippen LogP contribution in [0.25, 0.3) is 0 Å². The van der Waals surface area contributed by atoms with Gasteiger partial charge in [0.1, 0.15) is 12.1 Å². The van der Waals surface area contributed by atoms with Gasteiger partial charge in [0.2, 0.25) is 17.7 Å². The second-order valence-corrected chi connectivity index (χ2v) is 17.4. The molecule has 58 heavy (non-hydrogen) atoms. The minimum atomic E-state index is -0.664. The van der Waals surface area contributed by atoms with E-state index >= 15 is 0 Å². The van der Waals surface area contributed by atoms with E-state index in [0.29, 0.717) is 45.1 Å². The van der Waals surface area contributed by atoms with Crippen molar-refractivity contribution in [1.29, 1.82) is 0 Å². The number of aliphatic hydroxyl groups is 1. The molecule has 4 unspecified atom stereocenters. The van der Waals surface area contributed by atoms with Crippen LogP contribution < -0.4 is 16.0 Å². The summed E-state index contributed by atoms with van der Waals surface area (Å²) < 4.78 is 5.89. The summed E-state index contributed by atoms with van der Waals surface area (Å²) in [7, 11) is 0. The zero-order valence-corrected chi connectivity index (χ0v) is 38.8. The van der Waals surface area contributed by atoms with Gasteiger partial charge in [-0.25, -0.2) is 0 Å². The number of nitrogens with one attached hydrogen (secondary N) is 3. The quantitative estimate of drug-likeness (QED) is 0.0357. The molecule has 0 aromatic heterocycles. The molecule has 0 aliphatic heterocycles. The first-order valence-electron chi connectivity index (χ1n) is 24.9. The monoisotopic (exact) mass is 822 g/mol. The van der Waals surface area contributed by atoms with Crippen molar-refractivity contribution in [3.63, 3.8) is 0 Å². The summed E-state index contributed by atoms with van der Waals surface area (Å²) in [6, 6.07) is -0.736.